The maximum Gasteiger partial charge on any atom is 0.326 e. The molecule has 20 heavy (non-hydrogen) atoms. The van der Waals surface area contributed by atoms with Gasteiger partial charge in [0.05, 0.1) is 11.7 Å². The fraction of sp³-hybridized carbons (Fsp3) is 0.615. The summed E-state index contributed by atoms with van der Waals surface area (Å²) in [6, 6.07) is -0.943. The standard InChI is InChI=1S/C13H20N4O3/c1-13(3-2-4-14-7-13)12(20)17-10(11(18)19)5-9-6-15-8-16-9/h6,8,10,14H,2-5,7H2,1H3,(H,15,16)(H,17,20)(H,18,19). The maximum absolute atomic E-state index is 12.3. The van der Waals surface area contributed by atoms with E-state index in [1.54, 1.807) is 6.20 Å². The smallest absolute Gasteiger partial charge is 0.326 e. The molecule has 4 N–H and O–H groups in total. The van der Waals surface area contributed by atoms with Crippen molar-refractivity contribution in [2.45, 2.75) is 32.2 Å². The van der Waals surface area contributed by atoms with E-state index in [-0.39, 0.29) is 12.3 Å². The number of piperidine rings is 1. The number of aliphatic carboxylic acids is 1. The van der Waals surface area contributed by atoms with Gasteiger partial charge in [-0.1, -0.05) is 0 Å². The molecule has 0 bridgehead atoms. The van der Waals surface area contributed by atoms with E-state index in [2.05, 4.69) is 20.6 Å². The van der Waals surface area contributed by atoms with Gasteiger partial charge in [0.1, 0.15) is 6.04 Å². The van der Waals surface area contributed by atoms with Crippen LogP contribution in [0.5, 0.6) is 0 Å². The van der Waals surface area contributed by atoms with Gasteiger partial charge in [0, 0.05) is 24.9 Å². The van der Waals surface area contributed by atoms with Gasteiger partial charge in [-0.3, -0.25) is 4.79 Å². The van der Waals surface area contributed by atoms with Crippen molar-refractivity contribution in [3.8, 4) is 0 Å². The zero-order valence-corrected chi connectivity index (χ0v) is 11.5. The molecule has 2 atom stereocenters. The fourth-order valence-corrected chi connectivity index (χ4v) is 2.40. The van der Waals surface area contributed by atoms with Crippen LogP contribution in [0.2, 0.25) is 0 Å². The van der Waals surface area contributed by atoms with Crippen molar-refractivity contribution in [2.24, 2.45) is 5.41 Å². The Kier molecular flexibility index (Phi) is 4.39. The van der Waals surface area contributed by atoms with Crippen molar-refractivity contribution in [3.63, 3.8) is 0 Å². The van der Waals surface area contributed by atoms with Crippen LogP contribution in [-0.2, 0) is 16.0 Å². The molecule has 1 aliphatic rings. The van der Waals surface area contributed by atoms with Crippen molar-refractivity contribution in [1.29, 1.82) is 0 Å². The second-order valence-electron chi connectivity index (χ2n) is 5.49. The topological polar surface area (TPSA) is 107 Å². The number of amides is 1. The van der Waals surface area contributed by atoms with Crippen LogP contribution in [0.1, 0.15) is 25.5 Å². The number of aromatic amines is 1. The summed E-state index contributed by atoms with van der Waals surface area (Å²) in [5, 5.41) is 15.1. The Morgan fingerprint density at radius 1 is 1.60 bits per heavy atom. The molecule has 1 fully saturated rings. The van der Waals surface area contributed by atoms with Gasteiger partial charge in [0.15, 0.2) is 0 Å². The van der Waals surface area contributed by atoms with Crippen LogP contribution in [0.15, 0.2) is 12.5 Å². The molecular weight excluding hydrogens is 260 g/mol. The Balaban J connectivity index is 2.00. The van der Waals surface area contributed by atoms with Crippen LogP contribution in [0.4, 0.5) is 0 Å². The molecule has 110 valence electrons. The third kappa shape index (κ3) is 3.36. The number of nitrogens with one attached hydrogen (secondary N) is 3. The first-order valence-corrected chi connectivity index (χ1v) is 6.73. The summed E-state index contributed by atoms with van der Waals surface area (Å²) >= 11 is 0. The van der Waals surface area contributed by atoms with E-state index in [0.29, 0.717) is 12.2 Å². The molecule has 0 aromatic carbocycles. The van der Waals surface area contributed by atoms with Gasteiger partial charge in [0.2, 0.25) is 5.91 Å². The molecule has 0 saturated carbocycles. The Morgan fingerprint density at radius 3 is 2.95 bits per heavy atom. The van der Waals surface area contributed by atoms with Crippen molar-refractivity contribution in [2.75, 3.05) is 13.1 Å². The number of nitrogens with zero attached hydrogens (tertiary/aromatic N) is 1. The normalized spacial score (nSPS) is 24.1. The highest BCUT2D eigenvalue weighted by molar-refractivity contribution is 5.87. The predicted octanol–water partition coefficient (Wildman–Crippen LogP) is -0.0887. The first-order chi connectivity index (χ1) is 9.51. The van der Waals surface area contributed by atoms with Crippen molar-refractivity contribution < 1.29 is 14.7 Å². The molecule has 0 aliphatic carbocycles. The molecule has 1 saturated heterocycles. The van der Waals surface area contributed by atoms with Crippen molar-refractivity contribution in [1.82, 2.24) is 20.6 Å². The van der Waals surface area contributed by atoms with E-state index in [9.17, 15) is 14.7 Å². The van der Waals surface area contributed by atoms with E-state index < -0.39 is 17.4 Å². The zero-order chi connectivity index (χ0) is 14.6. The first kappa shape index (κ1) is 14.5. The summed E-state index contributed by atoms with van der Waals surface area (Å²) in [5.74, 6) is -1.25. The van der Waals surface area contributed by atoms with Crippen molar-refractivity contribution >= 4 is 11.9 Å². The monoisotopic (exact) mass is 280 g/mol. The maximum atomic E-state index is 12.3. The fourth-order valence-electron chi connectivity index (χ4n) is 2.40. The summed E-state index contributed by atoms with van der Waals surface area (Å²) in [4.78, 5) is 30.3. The van der Waals surface area contributed by atoms with Gasteiger partial charge in [-0.2, -0.15) is 0 Å². The lowest BCUT2D eigenvalue weighted by Gasteiger charge is -2.33. The highest BCUT2D eigenvalue weighted by Crippen LogP contribution is 2.25. The minimum absolute atomic E-state index is 0.199. The predicted molar refractivity (Wildman–Crippen MR) is 72.1 cm³/mol. The number of hydrogen-bond donors (Lipinski definition) is 4. The second kappa shape index (κ2) is 6.04. The molecule has 2 heterocycles. The number of carbonyl (C=O) groups is 2. The van der Waals surface area contributed by atoms with E-state index in [1.165, 1.54) is 6.33 Å². The highest BCUT2D eigenvalue weighted by Gasteiger charge is 2.36. The summed E-state index contributed by atoms with van der Waals surface area (Å²) < 4.78 is 0. The zero-order valence-electron chi connectivity index (χ0n) is 11.5. The molecule has 2 rings (SSSR count). The Bertz CT molecular complexity index is 466. The number of carboxylic acid groups (broad SMARTS) is 1. The molecule has 7 heteroatoms. The second-order valence-corrected chi connectivity index (χ2v) is 5.49. The minimum atomic E-state index is -1.04. The molecule has 2 unspecified atom stereocenters. The van der Waals surface area contributed by atoms with E-state index in [4.69, 9.17) is 0 Å². The van der Waals surface area contributed by atoms with E-state index in [1.807, 2.05) is 6.92 Å². The number of H-pyrrole nitrogens is 1. The van der Waals surface area contributed by atoms with Crippen molar-refractivity contribution in [3.05, 3.63) is 18.2 Å². The van der Waals surface area contributed by atoms with Gasteiger partial charge < -0.3 is 20.7 Å². The molecule has 7 nitrogen and oxygen atoms in total. The number of carboxylic acids is 1. The van der Waals surface area contributed by atoms with Crippen LogP contribution < -0.4 is 10.6 Å². The molecule has 1 aliphatic heterocycles. The Labute approximate surface area is 117 Å². The van der Waals surface area contributed by atoms with E-state index >= 15 is 0 Å². The van der Waals surface area contributed by atoms with Crippen LogP contribution >= 0.6 is 0 Å². The number of aromatic nitrogens is 2. The van der Waals surface area contributed by atoms with Gasteiger partial charge in [-0.25, -0.2) is 9.78 Å². The molecule has 0 spiro atoms. The average Bonchev–Trinajstić information content (AvgIpc) is 2.91. The van der Waals surface area contributed by atoms with Crippen LogP contribution in [0.25, 0.3) is 0 Å². The van der Waals surface area contributed by atoms with Crippen LogP contribution in [0, 0.1) is 5.41 Å². The van der Waals surface area contributed by atoms with Gasteiger partial charge in [-0.05, 0) is 26.3 Å². The molecule has 1 aromatic heterocycles. The summed E-state index contributed by atoms with van der Waals surface area (Å²) in [5.41, 5.74) is 0.143. The lowest BCUT2D eigenvalue weighted by Crippen LogP contribution is -2.53. The lowest BCUT2D eigenvalue weighted by atomic mass is 9.81. The summed E-state index contributed by atoms with van der Waals surface area (Å²) in [6.45, 7) is 3.35. The van der Waals surface area contributed by atoms with E-state index in [0.717, 1.165) is 19.4 Å². The number of imidazole rings is 1. The van der Waals surface area contributed by atoms with Gasteiger partial charge in [0.25, 0.3) is 0 Å². The number of rotatable bonds is 5. The average molecular weight is 280 g/mol. The highest BCUT2D eigenvalue weighted by atomic mass is 16.4. The molecule has 1 aromatic rings. The lowest BCUT2D eigenvalue weighted by molar-refractivity contribution is -0.144. The number of hydrogen-bond acceptors (Lipinski definition) is 4. The van der Waals surface area contributed by atoms with Gasteiger partial charge >= 0.3 is 5.97 Å². The largest absolute Gasteiger partial charge is 0.480 e. The number of carbonyl (C=O) groups excluding carboxylic acids is 1. The summed E-state index contributed by atoms with van der Waals surface area (Å²) in [6.07, 6.45) is 4.93. The van der Waals surface area contributed by atoms with Crippen LogP contribution in [0.3, 0.4) is 0 Å². The third-order valence-electron chi connectivity index (χ3n) is 3.73. The van der Waals surface area contributed by atoms with Crippen LogP contribution in [-0.4, -0.2) is 46.1 Å². The molecular formula is C13H20N4O3. The quantitative estimate of drug-likeness (QED) is 0.603. The summed E-state index contributed by atoms with van der Waals surface area (Å²) in [7, 11) is 0. The SMILES string of the molecule is CC1(C(=O)NC(Cc2cnc[nH]2)C(=O)O)CCCNC1. The van der Waals surface area contributed by atoms with Gasteiger partial charge in [-0.15, -0.1) is 0 Å². The molecule has 1 amide bonds. The third-order valence-corrected chi connectivity index (χ3v) is 3.73. The molecule has 0 radical (unpaired) electrons. The Morgan fingerprint density at radius 2 is 2.40 bits per heavy atom. The first-order valence-electron chi connectivity index (χ1n) is 6.73. The minimum Gasteiger partial charge on any atom is -0.480 e. The Hall–Kier alpha value is -1.89.